The first-order chi connectivity index (χ1) is 8.43. The number of rotatable bonds is 5. The number of hydrogen-bond acceptors (Lipinski definition) is 2. The van der Waals surface area contributed by atoms with Gasteiger partial charge in [-0.3, -0.25) is 4.79 Å². The summed E-state index contributed by atoms with van der Waals surface area (Å²) >= 11 is 0. The molecule has 0 saturated carbocycles. The van der Waals surface area contributed by atoms with Gasteiger partial charge in [-0.15, -0.1) is 0 Å². The minimum absolute atomic E-state index is 0.125. The van der Waals surface area contributed by atoms with Crippen LogP contribution in [0, 0.1) is 18.7 Å². The fraction of sp³-hybridized carbons (Fsp3) is 0.500. The number of carbonyl (C=O) groups is 1. The number of aryl methyl sites for hydroxylation is 1. The van der Waals surface area contributed by atoms with Crippen molar-refractivity contribution in [1.29, 1.82) is 0 Å². The Kier molecular flexibility index (Phi) is 5.28. The fourth-order valence-electron chi connectivity index (χ4n) is 1.64. The molecule has 3 nitrogen and oxygen atoms in total. The third-order valence-corrected chi connectivity index (χ3v) is 3.08. The molecule has 0 heterocycles. The Labute approximate surface area is 107 Å². The lowest BCUT2D eigenvalue weighted by atomic mass is 10.0. The highest BCUT2D eigenvalue weighted by Crippen LogP contribution is 2.09. The van der Waals surface area contributed by atoms with Crippen LogP contribution < -0.4 is 5.32 Å². The van der Waals surface area contributed by atoms with Gasteiger partial charge in [0, 0.05) is 12.1 Å². The highest BCUT2D eigenvalue weighted by Gasteiger charge is 2.14. The summed E-state index contributed by atoms with van der Waals surface area (Å²) < 4.78 is 13.1. The van der Waals surface area contributed by atoms with Crippen LogP contribution in [0.5, 0.6) is 0 Å². The number of aliphatic hydroxyl groups excluding tert-OH is 1. The van der Waals surface area contributed by atoms with Crippen LogP contribution in [-0.4, -0.2) is 23.7 Å². The molecule has 1 rings (SSSR count). The van der Waals surface area contributed by atoms with E-state index in [0.717, 1.165) is 6.42 Å². The van der Waals surface area contributed by atoms with Crippen LogP contribution >= 0.6 is 0 Å². The summed E-state index contributed by atoms with van der Waals surface area (Å²) in [5, 5.41) is 12.3. The van der Waals surface area contributed by atoms with E-state index in [1.807, 2.05) is 13.8 Å². The van der Waals surface area contributed by atoms with Gasteiger partial charge in [-0.25, -0.2) is 4.39 Å². The predicted molar refractivity (Wildman–Crippen MR) is 68.9 cm³/mol. The zero-order valence-electron chi connectivity index (χ0n) is 11.0. The van der Waals surface area contributed by atoms with E-state index in [2.05, 4.69) is 5.32 Å². The summed E-state index contributed by atoms with van der Waals surface area (Å²) in [6.07, 6.45) is 0.268. The molecule has 18 heavy (non-hydrogen) atoms. The van der Waals surface area contributed by atoms with Crippen molar-refractivity contribution in [2.75, 3.05) is 6.54 Å². The fourth-order valence-corrected chi connectivity index (χ4v) is 1.64. The zero-order valence-corrected chi connectivity index (χ0v) is 11.0. The Morgan fingerprint density at radius 3 is 2.67 bits per heavy atom. The van der Waals surface area contributed by atoms with Gasteiger partial charge >= 0.3 is 0 Å². The van der Waals surface area contributed by atoms with Crippen molar-refractivity contribution >= 4 is 5.91 Å². The van der Waals surface area contributed by atoms with E-state index in [0.29, 0.717) is 5.56 Å². The molecule has 1 aromatic carbocycles. The van der Waals surface area contributed by atoms with Gasteiger partial charge in [-0.2, -0.15) is 0 Å². The molecule has 0 fully saturated rings. The summed E-state index contributed by atoms with van der Waals surface area (Å²) in [6, 6.07) is 4.18. The first-order valence-electron chi connectivity index (χ1n) is 6.17. The lowest BCUT2D eigenvalue weighted by Crippen LogP contribution is -2.35. The van der Waals surface area contributed by atoms with Gasteiger partial charge in [0.25, 0.3) is 5.91 Å². The summed E-state index contributed by atoms with van der Waals surface area (Å²) in [4.78, 5) is 11.8. The second-order valence-corrected chi connectivity index (χ2v) is 4.68. The average molecular weight is 253 g/mol. The van der Waals surface area contributed by atoms with Crippen LogP contribution in [0.2, 0.25) is 0 Å². The average Bonchev–Trinajstić information content (AvgIpc) is 2.33. The van der Waals surface area contributed by atoms with Crippen LogP contribution in [0.1, 0.15) is 36.2 Å². The molecule has 0 bridgehead atoms. The smallest absolute Gasteiger partial charge is 0.251 e. The molecule has 0 aromatic heterocycles. The topological polar surface area (TPSA) is 49.3 Å². The molecule has 0 spiro atoms. The Morgan fingerprint density at radius 2 is 2.11 bits per heavy atom. The zero-order chi connectivity index (χ0) is 13.7. The summed E-state index contributed by atoms with van der Waals surface area (Å²) in [7, 11) is 0. The quantitative estimate of drug-likeness (QED) is 0.845. The molecule has 0 radical (unpaired) electrons. The van der Waals surface area contributed by atoms with Crippen molar-refractivity contribution in [3.63, 3.8) is 0 Å². The molecule has 1 amide bonds. The van der Waals surface area contributed by atoms with E-state index >= 15 is 0 Å². The third-order valence-electron chi connectivity index (χ3n) is 3.08. The van der Waals surface area contributed by atoms with Crippen molar-refractivity contribution in [3.05, 3.63) is 35.1 Å². The molecule has 4 heteroatoms. The normalized spacial score (nSPS) is 14.1. The highest BCUT2D eigenvalue weighted by molar-refractivity contribution is 5.94. The molecule has 0 aliphatic carbocycles. The summed E-state index contributed by atoms with van der Waals surface area (Å²) in [5.41, 5.74) is 0.978. The van der Waals surface area contributed by atoms with Crippen LogP contribution in [0.15, 0.2) is 18.2 Å². The van der Waals surface area contributed by atoms with Gasteiger partial charge in [-0.05, 0) is 36.6 Å². The van der Waals surface area contributed by atoms with E-state index < -0.39 is 11.9 Å². The standard InChI is InChI=1S/C14H20FNO2/c1-4-10(3)13(17)8-16-14(18)11-5-9(2)6-12(15)7-11/h5-7,10,13,17H,4,8H2,1-3H3,(H,16,18). The minimum Gasteiger partial charge on any atom is -0.391 e. The van der Waals surface area contributed by atoms with Crippen LogP contribution in [-0.2, 0) is 0 Å². The third kappa shape index (κ3) is 4.11. The Hall–Kier alpha value is -1.42. The Bertz CT molecular complexity index is 400. The summed E-state index contributed by atoms with van der Waals surface area (Å²) in [6.45, 7) is 5.81. The highest BCUT2D eigenvalue weighted by atomic mass is 19.1. The molecule has 100 valence electrons. The molecule has 0 aliphatic heterocycles. The monoisotopic (exact) mass is 253 g/mol. The Balaban J connectivity index is 2.60. The number of benzene rings is 1. The molecular weight excluding hydrogens is 233 g/mol. The first kappa shape index (κ1) is 14.6. The van der Waals surface area contributed by atoms with Crippen molar-refractivity contribution in [2.24, 2.45) is 5.92 Å². The predicted octanol–water partition coefficient (Wildman–Crippen LogP) is 2.27. The van der Waals surface area contributed by atoms with Gasteiger partial charge < -0.3 is 10.4 Å². The lowest BCUT2D eigenvalue weighted by Gasteiger charge is -2.17. The molecule has 0 saturated heterocycles. The van der Waals surface area contributed by atoms with Crippen molar-refractivity contribution in [2.45, 2.75) is 33.3 Å². The number of amides is 1. The maximum absolute atomic E-state index is 13.1. The maximum Gasteiger partial charge on any atom is 0.251 e. The number of halogens is 1. The van der Waals surface area contributed by atoms with E-state index in [1.54, 1.807) is 13.0 Å². The van der Waals surface area contributed by atoms with Crippen LogP contribution in [0.3, 0.4) is 0 Å². The molecule has 2 N–H and O–H groups in total. The van der Waals surface area contributed by atoms with E-state index in [1.165, 1.54) is 12.1 Å². The molecular formula is C14H20FNO2. The molecule has 0 aliphatic rings. The van der Waals surface area contributed by atoms with Crippen LogP contribution in [0.4, 0.5) is 4.39 Å². The van der Waals surface area contributed by atoms with Crippen molar-refractivity contribution in [3.8, 4) is 0 Å². The molecule has 1 aromatic rings. The summed E-state index contributed by atoms with van der Waals surface area (Å²) in [5.74, 6) is -0.665. The van der Waals surface area contributed by atoms with E-state index in [-0.39, 0.29) is 23.9 Å². The SMILES string of the molecule is CCC(C)C(O)CNC(=O)c1cc(C)cc(F)c1. The molecule has 2 atom stereocenters. The number of aliphatic hydroxyl groups is 1. The second-order valence-electron chi connectivity index (χ2n) is 4.68. The van der Waals surface area contributed by atoms with E-state index in [4.69, 9.17) is 0 Å². The largest absolute Gasteiger partial charge is 0.391 e. The van der Waals surface area contributed by atoms with Crippen molar-refractivity contribution in [1.82, 2.24) is 5.32 Å². The first-order valence-corrected chi connectivity index (χ1v) is 6.17. The Morgan fingerprint density at radius 1 is 1.44 bits per heavy atom. The van der Waals surface area contributed by atoms with E-state index in [9.17, 15) is 14.3 Å². The second kappa shape index (κ2) is 6.50. The minimum atomic E-state index is -0.575. The lowest BCUT2D eigenvalue weighted by molar-refractivity contribution is 0.0850. The van der Waals surface area contributed by atoms with Gasteiger partial charge in [-0.1, -0.05) is 20.3 Å². The molecule has 2 unspecified atom stereocenters. The maximum atomic E-state index is 13.1. The van der Waals surface area contributed by atoms with Crippen molar-refractivity contribution < 1.29 is 14.3 Å². The van der Waals surface area contributed by atoms with Gasteiger partial charge in [0.05, 0.1) is 6.10 Å². The van der Waals surface area contributed by atoms with Gasteiger partial charge in [0.1, 0.15) is 5.82 Å². The van der Waals surface area contributed by atoms with Crippen LogP contribution in [0.25, 0.3) is 0 Å². The number of carbonyl (C=O) groups excluding carboxylic acids is 1. The number of hydrogen-bond donors (Lipinski definition) is 2. The number of nitrogens with one attached hydrogen (secondary N) is 1. The van der Waals surface area contributed by atoms with Gasteiger partial charge in [0.15, 0.2) is 0 Å². The van der Waals surface area contributed by atoms with Gasteiger partial charge in [0.2, 0.25) is 0 Å².